The van der Waals surface area contributed by atoms with E-state index in [2.05, 4.69) is 15.3 Å². The van der Waals surface area contributed by atoms with Gasteiger partial charge in [0, 0.05) is 37.2 Å². The van der Waals surface area contributed by atoms with Crippen molar-refractivity contribution < 1.29 is 14.4 Å². The predicted molar refractivity (Wildman–Crippen MR) is 150 cm³/mol. The lowest BCUT2D eigenvalue weighted by Crippen LogP contribution is -2.70. The zero-order valence-corrected chi connectivity index (χ0v) is 23.7. The monoisotopic (exact) mass is 551 g/mol. The Kier molecular flexibility index (Phi) is 7.96. The number of halogens is 1. The Hall–Kier alpha value is -3.92. The number of likely N-dealkylation sites (N-methyl/N-ethyl adjacent to an activating group) is 1. The van der Waals surface area contributed by atoms with Crippen molar-refractivity contribution in [3.8, 4) is 0 Å². The molecule has 3 heterocycles. The van der Waals surface area contributed by atoms with Gasteiger partial charge < -0.3 is 15.6 Å². The Labute approximate surface area is 233 Å². The van der Waals surface area contributed by atoms with Crippen molar-refractivity contribution in [2.45, 2.75) is 46.2 Å². The quantitative estimate of drug-likeness (QED) is 0.430. The lowest BCUT2D eigenvalue weighted by molar-refractivity contribution is -0.156. The summed E-state index contributed by atoms with van der Waals surface area (Å²) in [6, 6.07) is 7.03. The molecule has 4 amide bonds. The molecule has 1 aliphatic rings. The summed E-state index contributed by atoms with van der Waals surface area (Å²) in [6.07, 6.45) is 3.53. The van der Waals surface area contributed by atoms with Gasteiger partial charge in [-0.25, -0.2) is 14.8 Å². The van der Waals surface area contributed by atoms with Crippen LogP contribution in [0.3, 0.4) is 0 Å². The number of rotatable bonds is 7. The lowest BCUT2D eigenvalue weighted by atomic mass is 9.81. The summed E-state index contributed by atoms with van der Waals surface area (Å²) in [5.74, 6) is -0.878. The van der Waals surface area contributed by atoms with Gasteiger partial charge in [-0.05, 0) is 61.1 Å². The molecule has 206 valence electrons. The summed E-state index contributed by atoms with van der Waals surface area (Å²) in [7, 11) is 3.35. The molecule has 1 aromatic carbocycles. The molecule has 4 rings (SSSR count). The summed E-state index contributed by atoms with van der Waals surface area (Å²) < 4.78 is 1.70. The normalized spacial score (nSPS) is 17.6. The molecular weight excluding hydrogens is 518 g/mol. The number of nitrogens with two attached hydrogens (primary N) is 1. The standard InChI is InChI=1S/C28H34ClN7O3/c1-15(2)23(19-8-7-16(3)21(29)14-19)33-28(39)36-24(26(38)35(6)27-31-9-10-34(27)5)20(25(36)37)12-18-11-17(4)32-22(30)13-18/h7-11,13-15,20,23-24H,12H2,1-6H3,(H2,30,32)(H,33,39)/t20-,23-,24+/m1/s1. The fourth-order valence-corrected chi connectivity index (χ4v) is 5.20. The fourth-order valence-electron chi connectivity index (χ4n) is 5.01. The van der Waals surface area contributed by atoms with Crippen molar-refractivity contribution >= 4 is 41.2 Å². The van der Waals surface area contributed by atoms with Crippen LogP contribution < -0.4 is 16.0 Å². The summed E-state index contributed by atoms with van der Waals surface area (Å²) in [4.78, 5) is 51.7. The minimum atomic E-state index is -1.02. The van der Waals surface area contributed by atoms with E-state index < -0.39 is 35.8 Å². The van der Waals surface area contributed by atoms with Crippen molar-refractivity contribution in [1.29, 1.82) is 0 Å². The molecule has 39 heavy (non-hydrogen) atoms. The Bertz CT molecular complexity index is 1400. The number of urea groups is 1. The third kappa shape index (κ3) is 5.61. The van der Waals surface area contributed by atoms with Crippen LogP contribution in [0.2, 0.25) is 5.02 Å². The number of benzene rings is 1. The number of imide groups is 1. The highest BCUT2D eigenvalue weighted by atomic mass is 35.5. The zero-order valence-electron chi connectivity index (χ0n) is 23.0. The molecule has 10 nitrogen and oxygen atoms in total. The van der Waals surface area contributed by atoms with Crippen LogP contribution in [0.5, 0.6) is 0 Å². The maximum atomic E-state index is 13.8. The molecule has 1 saturated heterocycles. The number of hydrogen-bond acceptors (Lipinski definition) is 6. The van der Waals surface area contributed by atoms with Gasteiger partial charge in [-0.3, -0.25) is 19.4 Å². The molecule has 0 spiro atoms. The van der Waals surface area contributed by atoms with E-state index >= 15 is 0 Å². The first kappa shape index (κ1) is 28.1. The predicted octanol–water partition coefficient (Wildman–Crippen LogP) is 3.81. The number of nitrogens with one attached hydrogen (secondary N) is 1. The van der Waals surface area contributed by atoms with E-state index in [1.54, 1.807) is 37.1 Å². The first-order chi connectivity index (χ1) is 18.4. The summed E-state index contributed by atoms with van der Waals surface area (Å²) >= 11 is 6.35. The van der Waals surface area contributed by atoms with Gasteiger partial charge in [0.15, 0.2) is 0 Å². The molecule has 0 bridgehead atoms. The molecule has 0 radical (unpaired) electrons. The molecule has 3 atom stereocenters. The first-order valence-electron chi connectivity index (χ1n) is 12.8. The maximum Gasteiger partial charge on any atom is 0.325 e. The molecule has 1 fully saturated rings. The van der Waals surface area contributed by atoms with Crippen LogP contribution >= 0.6 is 11.6 Å². The van der Waals surface area contributed by atoms with Crippen LogP contribution in [-0.2, 0) is 23.1 Å². The van der Waals surface area contributed by atoms with E-state index in [1.807, 2.05) is 52.0 Å². The lowest BCUT2D eigenvalue weighted by Gasteiger charge is -2.46. The first-order valence-corrected chi connectivity index (χ1v) is 13.1. The van der Waals surface area contributed by atoms with Gasteiger partial charge in [0.2, 0.25) is 11.9 Å². The summed E-state index contributed by atoms with van der Waals surface area (Å²) in [6.45, 7) is 7.64. The number of aromatic nitrogens is 3. The van der Waals surface area contributed by atoms with Crippen molar-refractivity contribution in [2.75, 3.05) is 17.7 Å². The molecule has 2 aromatic heterocycles. The fraction of sp³-hybridized carbons (Fsp3) is 0.393. The second kappa shape index (κ2) is 11.1. The van der Waals surface area contributed by atoms with Gasteiger partial charge >= 0.3 is 6.03 Å². The smallest absolute Gasteiger partial charge is 0.325 e. The molecule has 1 aliphatic heterocycles. The van der Waals surface area contributed by atoms with Crippen molar-refractivity contribution in [2.24, 2.45) is 18.9 Å². The Morgan fingerprint density at radius 3 is 2.51 bits per heavy atom. The number of hydrogen-bond donors (Lipinski definition) is 2. The van der Waals surface area contributed by atoms with E-state index in [9.17, 15) is 14.4 Å². The third-order valence-electron chi connectivity index (χ3n) is 7.10. The Morgan fingerprint density at radius 2 is 1.92 bits per heavy atom. The number of anilines is 2. The number of nitrogens with zero attached hydrogens (tertiary/aromatic N) is 5. The molecule has 11 heteroatoms. The van der Waals surface area contributed by atoms with E-state index in [1.165, 1.54) is 4.90 Å². The third-order valence-corrected chi connectivity index (χ3v) is 7.51. The topological polar surface area (TPSA) is 126 Å². The number of β-lactam (4-membered cyclic amide) rings is 1. The molecule has 0 aliphatic carbocycles. The van der Waals surface area contributed by atoms with Gasteiger partial charge in [0.05, 0.1) is 12.0 Å². The molecule has 3 N–H and O–H groups in total. The second-order valence-corrected chi connectivity index (χ2v) is 10.8. The van der Waals surface area contributed by atoms with E-state index in [0.717, 1.165) is 21.6 Å². The Morgan fingerprint density at radius 1 is 1.21 bits per heavy atom. The highest BCUT2D eigenvalue weighted by Crippen LogP contribution is 2.34. The average molecular weight is 552 g/mol. The number of pyridine rings is 1. The van der Waals surface area contributed by atoms with Crippen LogP contribution in [0, 0.1) is 25.7 Å². The summed E-state index contributed by atoms with van der Waals surface area (Å²) in [5.41, 5.74) is 9.13. The number of aryl methyl sites for hydroxylation is 3. The maximum absolute atomic E-state index is 13.8. The van der Waals surface area contributed by atoms with Crippen LogP contribution in [0.4, 0.5) is 16.6 Å². The van der Waals surface area contributed by atoms with Gasteiger partial charge in [-0.2, -0.15) is 0 Å². The molecular formula is C28H34ClN7O3. The molecule has 0 unspecified atom stereocenters. The minimum Gasteiger partial charge on any atom is -0.384 e. The molecule has 3 aromatic rings. The van der Waals surface area contributed by atoms with Crippen LogP contribution in [-0.4, -0.2) is 50.4 Å². The number of imidazole rings is 1. The zero-order chi connectivity index (χ0) is 28.6. The van der Waals surface area contributed by atoms with Crippen LogP contribution in [0.1, 0.15) is 42.3 Å². The number of likely N-dealkylation sites (tertiary alicyclic amines) is 1. The summed E-state index contributed by atoms with van der Waals surface area (Å²) in [5, 5.41) is 3.56. The van der Waals surface area contributed by atoms with E-state index in [-0.39, 0.29) is 12.3 Å². The number of carbonyl (C=O) groups excluding carboxylic acids is 3. The highest BCUT2D eigenvalue weighted by molar-refractivity contribution is 6.31. The molecule has 0 saturated carbocycles. The number of amides is 4. The van der Waals surface area contributed by atoms with E-state index in [4.69, 9.17) is 17.3 Å². The number of nitrogen functional groups attached to an aromatic ring is 1. The minimum absolute atomic E-state index is 0.00735. The van der Waals surface area contributed by atoms with E-state index in [0.29, 0.717) is 22.5 Å². The second-order valence-electron chi connectivity index (χ2n) is 10.4. The van der Waals surface area contributed by atoms with Gasteiger partial charge in [-0.1, -0.05) is 37.6 Å². The SMILES string of the molecule is Cc1cc(C[C@H]2C(=O)N(C(=O)N[C@@H](c3ccc(C)c(Cl)c3)C(C)C)[C@@H]2C(=O)N(C)c2nccn2C)cc(N)n1. The van der Waals surface area contributed by atoms with Crippen LogP contribution in [0.15, 0.2) is 42.7 Å². The highest BCUT2D eigenvalue weighted by Gasteiger charge is 2.55. The number of carbonyl (C=O) groups is 3. The van der Waals surface area contributed by atoms with Gasteiger partial charge in [0.1, 0.15) is 11.9 Å². The van der Waals surface area contributed by atoms with Gasteiger partial charge in [0.25, 0.3) is 5.91 Å². The largest absolute Gasteiger partial charge is 0.384 e. The van der Waals surface area contributed by atoms with Crippen molar-refractivity contribution in [3.63, 3.8) is 0 Å². The van der Waals surface area contributed by atoms with Crippen molar-refractivity contribution in [1.82, 2.24) is 24.8 Å². The average Bonchev–Trinajstić information content (AvgIpc) is 3.29. The van der Waals surface area contributed by atoms with Crippen LogP contribution in [0.25, 0.3) is 0 Å². The van der Waals surface area contributed by atoms with Crippen molar-refractivity contribution in [3.05, 3.63) is 70.1 Å². The van der Waals surface area contributed by atoms with Gasteiger partial charge in [-0.15, -0.1) is 0 Å². The Balaban J connectivity index is 1.64.